The molecule has 17 heavy (non-hydrogen) atoms. The van der Waals surface area contributed by atoms with Gasteiger partial charge in [-0.2, -0.15) is 0 Å². The van der Waals surface area contributed by atoms with Gasteiger partial charge in [-0.15, -0.1) is 0 Å². The molecule has 0 unspecified atom stereocenters. The van der Waals surface area contributed by atoms with Crippen molar-refractivity contribution in [3.63, 3.8) is 0 Å². The number of nitrogens with zero attached hydrogens (tertiary/aromatic N) is 1. The minimum atomic E-state index is -0.872. The fourth-order valence-corrected chi connectivity index (χ4v) is 2.22. The molecule has 2 rings (SSSR count). The van der Waals surface area contributed by atoms with Crippen LogP contribution in [0.15, 0.2) is 18.2 Å². The molecule has 1 heterocycles. The second kappa shape index (κ2) is 4.17. The van der Waals surface area contributed by atoms with Crippen LogP contribution in [0.25, 0.3) is 10.9 Å². The van der Waals surface area contributed by atoms with E-state index in [1.165, 1.54) is 0 Å². The van der Waals surface area contributed by atoms with Gasteiger partial charge < -0.3 is 5.11 Å². The molecule has 0 saturated heterocycles. The van der Waals surface area contributed by atoms with Crippen molar-refractivity contribution < 1.29 is 9.90 Å². The summed E-state index contributed by atoms with van der Waals surface area (Å²) in [6, 6.07) is 5.72. The van der Waals surface area contributed by atoms with Crippen LogP contribution < -0.4 is 0 Å². The molecule has 1 aromatic carbocycles. The largest absolute Gasteiger partial charge is 0.478 e. The Kier molecular flexibility index (Phi) is 2.84. The Morgan fingerprint density at radius 1 is 1.35 bits per heavy atom. The van der Waals surface area contributed by atoms with E-state index in [0.717, 1.165) is 27.7 Å². The summed E-state index contributed by atoms with van der Waals surface area (Å²) in [4.78, 5) is 15.9. The lowest BCUT2D eigenvalue weighted by Gasteiger charge is -2.11. The number of hydrogen-bond donors (Lipinski definition) is 1. The van der Waals surface area contributed by atoms with E-state index in [2.05, 4.69) is 4.98 Å². The number of carboxylic acids is 1. The first kappa shape index (κ1) is 11.6. The van der Waals surface area contributed by atoms with E-state index in [4.69, 9.17) is 0 Å². The van der Waals surface area contributed by atoms with Gasteiger partial charge in [0.1, 0.15) is 0 Å². The van der Waals surface area contributed by atoms with Gasteiger partial charge in [-0.3, -0.25) is 4.98 Å². The second-order valence-corrected chi connectivity index (χ2v) is 4.23. The van der Waals surface area contributed by atoms with Crippen molar-refractivity contribution in [2.24, 2.45) is 0 Å². The topological polar surface area (TPSA) is 50.2 Å². The molecule has 0 atom stereocenters. The quantitative estimate of drug-likeness (QED) is 0.860. The summed E-state index contributed by atoms with van der Waals surface area (Å²) >= 11 is 0. The van der Waals surface area contributed by atoms with E-state index >= 15 is 0 Å². The first-order valence-corrected chi connectivity index (χ1v) is 5.67. The highest BCUT2D eigenvalue weighted by Gasteiger charge is 2.16. The number of aromatic nitrogens is 1. The highest BCUT2D eigenvalue weighted by molar-refractivity contribution is 6.04. The van der Waals surface area contributed by atoms with Gasteiger partial charge in [0.25, 0.3) is 0 Å². The summed E-state index contributed by atoms with van der Waals surface area (Å²) in [5.41, 5.74) is 3.84. The molecular weight excluding hydrogens is 214 g/mol. The van der Waals surface area contributed by atoms with Crippen LogP contribution in [-0.2, 0) is 6.42 Å². The fraction of sp³-hybridized carbons (Fsp3) is 0.286. The van der Waals surface area contributed by atoms with Crippen LogP contribution in [0.1, 0.15) is 34.1 Å². The number of pyridine rings is 1. The highest BCUT2D eigenvalue weighted by Crippen LogP contribution is 2.24. The first-order chi connectivity index (χ1) is 8.04. The third-order valence-corrected chi connectivity index (χ3v) is 3.02. The van der Waals surface area contributed by atoms with Gasteiger partial charge in [-0.25, -0.2) is 4.79 Å². The van der Waals surface area contributed by atoms with Crippen molar-refractivity contribution in [3.8, 4) is 0 Å². The lowest BCUT2D eigenvalue weighted by molar-refractivity contribution is 0.0697. The van der Waals surface area contributed by atoms with Crippen molar-refractivity contribution in [2.75, 3.05) is 0 Å². The monoisotopic (exact) mass is 229 g/mol. The minimum Gasteiger partial charge on any atom is -0.478 e. The maximum Gasteiger partial charge on any atom is 0.336 e. The Morgan fingerprint density at radius 2 is 2.06 bits per heavy atom. The number of carboxylic acid groups (broad SMARTS) is 1. The molecule has 0 fully saturated rings. The van der Waals surface area contributed by atoms with Crippen LogP contribution in [0.5, 0.6) is 0 Å². The third-order valence-electron chi connectivity index (χ3n) is 3.02. The lowest BCUT2D eigenvalue weighted by Crippen LogP contribution is -2.07. The average molecular weight is 229 g/mol. The molecule has 88 valence electrons. The Hall–Kier alpha value is -1.90. The molecule has 0 amide bonds. The summed E-state index contributed by atoms with van der Waals surface area (Å²) in [5, 5.41) is 10.1. The van der Waals surface area contributed by atoms with Crippen molar-refractivity contribution in [2.45, 2.75) is 27.2 Å². The molecule has 3 heteroatoms. The number of rotatable bonds is 2. The zero-order valence-corrected chi connectivity index (χ0v) is 10.2. The SMILES string of the molecule is CCc1c(C)nc2ccc(C)cc2c1C(=O)O. The van der Waals surface area contributed by atoms with E-state index in [9.17, 15) is 9.90 Å². The summed E-state index contributed by atoms with van der Waals surface area (Å²) in [6.45, 7) is 5.78. The number of benzene rings is 1. The zero-order valence-electron chi connectivity index (χ0n) is 10.2. The summed E-state index contributed by atoms with van der Waals surface area (Å²) in [6.07, 6.45) is 0.685. The Morgan fingerprint density at radius 3 is 2.65 bits per heavy atom. The molecule has 2 aromatic rings. The van der Waals surface area contributed by atoms with Crippen LogP contribution in [0.4, 0.5) is 0 Å². The van der Waals surface area contributed by atoms with E-state index in [-0.39, 0.29) is 0 Å². The normalized spacial score (nSPS) is 10.8. The summed E-state index contributed by atoms with van der Waals surface area (Å²) in [5.74, 6) is -0.872. The highest BCUT2D eigenvalue weighted by atomic mass is 16.4. The predicted molar refractivity (Wildman–Crippen MR) is 67.6 cm³/mol. The van der Waals surface area contributed by atoms with Crippen molar-refractivity contribution in [1.29, 1.82) is 0 Å². The number of hydrogen-bond acceptors (Lipinski definition) is 2. The molecule has 1 aromatic heterocycles. The maximum atomic E-state index is 11.4. The van der Waals surface area contributed by atoms with Crippen LogP contribution >= 0.6 is 0 Å². The van der Waals surface area contributed by atoms with Gasteiger partial charge in [0.15, 0.2) is 0 Å². The van der Waals surface area contributed by atoms with Crippen LogP contribution in [0.2, 0.25) is 0 Å². The molecule has 3 nitrogen and oxygen atoms in total. The molecular formula is C14H15NO2. The third kappa shape index (κ3) is 1.88. The van der Waals surface area contributed by atoms with Gasteiger partial charge in [-0.05, 0) is 38.0 Å². The van der Waals surface area contributed by atoms with Crippen molar-refractivity contribution in [3.05, 3.63) is 40.6 Å². The smallest absolute Gasteiger partial charge is 0.336 e. The number of aryl methyl sites for hydroxylation is 2. The van der Waals surface area contributed by atoms with Gasteiger partial charge in [0.2, 0.25) is 0 Å². The Labute approximate surface area is 100 Å². The molecule has 0 aliphatic heterocycles. The molecule has 0 aliphatic rings. The van der Waals surface area contributed by atoms with Gasteiger partial charge >= 0.3 is 5.97 Å². The minimum absolute atomic E-state index is 0.402. The van der Waals surface area contributed by atoms with Gasteiger partial charge in [0, 0.05) is 11.1 Å². The maximum absolute atomic E-state index is 11.4. The first-order valence-electron chi connectivity index (χ1n) is 5.67. The number of carbonyl (C=O) groups is 1. The van der Waals surface area contributed by atoms with E-state index in [0.29, 0.717) is 12.0 Å². The number of fused-ring (bicyclic) bond motifs is 1. The molecule has 0 aliphatic carbocycles. The standard InChI is InChI=1S/C14H15NO2/c1-4-10-9(3)15-12-6-5-8(2)7-11(12)13(10)14(16)17/h5-7H,4H2,1-3H3,(H,16,17). The van der Waals surface area contributed by atoms with Crippen molar-refractivity contribution >= 4 is 16.9 Å². The summed E-state index contributed by atoms with van der Waals surface area (Å²) in [7, 11) is 0. The van der Waals surface area contributed by atoms with Crippen LogP contribution in [0.3, 0.4) is 0 Å². The number of aromatic carboxylic acids is 1. The molecule has 0 saturated carbocycles. The van der Waals surface area contributed by atoms with Crippen LogP contribution in [-0.4, -0.2) is 16.1 Å². The second-order valence-electron chi connectivity index (χ2n) is 4.23. The molecule has 0 spiro atoms. The molecule has 0 bridgehead atoms. The average Bonchev–Trinajstić information content (AvgIpc) is 2.27. The molecule has 0 radical (unpaired) electrons. The van der Waals surface area contributed by atoms with Crippen LogP contribution in [0, 0.1) is 13.8 Å². The van der Waals surface area contributed by atoms with E-state index in [1.54, 1.807) is 0 Å². The van der Waals surface area contributed by atoms with E-state index < -0.39 is 5.97 Å². The Bertz CT molecular complexity index is 603. The molecule has 1 N–H and O–H groups in total. The van der Waals surface area contributed by atoms with Gasteiger partial charge in [-0.1, -0.05) is 18.6 Å². The fourth-order valence-electron chi connectivity index (χ4n) is 2.22. The van der Waals surface area contributed by atoms with Gasteiger partial charge in [0.05, 0.1) is 11.1 Å². The van der Waals surface area contributed by atoms with E-state index in [1.807, 2.05) is 39.0 Å². The summed E-state index contributed by atoms with van der Waals surface area (Å²) < 4.78 is 0. The lowest BCUT2D eigenvalue weighted by atomic mass is 9.98. The Balaban J connectivity index is 2.94. The zero-order chi connectivity index (χ0) is 12.6. The predicted octanol–water partition coefficient (Wildman–Crippen LogP) is 3.11. The van der Waals surface area contributed by atoms with Crippen molar-refractivity contribution in [1.82, 2.24) is 4.98 Å².